The number of allylic oxidation sites excluding steroid dienone is 4. The van der Waals surface area contributed by atoms with Gasteiger partial charge in [-0.2, -0.15) is 0 Å². The zero-order chi connectivity index (χ0) is 19.8. The first-order chi connectivity index (χ1) is 13.3. The summed E-state index contributed by atoms with van der Waals surface area (Å²) >= 11 is 0. The van der Waals surface area contributed by atoms with E-state index in [-0.39, 0.29) is 0 Å². The van der Waals surface area contributed by atoms with Crippen LogP contribution in [0.25, 0.3) is 0 Å². The lowest BCUT2D eigenvalue weighted by atomic mass is 9.96. The molecule has 152 valence electrons. The molecule has 0 heterocycles. The van der Waals surface area contributed by atoms with Crippen LogP contribution in [0.2, 0.25) is 0 Å². The lowest BCUT2D eigenvalue weighted by molar-refractivity contribution is 0.437. The first-order valence-corrected chi connectivity index (χ1v) is 11.5. The van der Waals surface area contributed by atoms with E-state index >= 15 is 0 Å². The molecule has 1 unspecified atom stereocenters. The van der Waals surface area contributed by atoms with Crippen molar-refractivity contribution in [3.63, 3.8) is 0 Å². The first kappa shape index (κ1) is 25.6. The molecule has 0 heteroatoms. The second-order valence-electron chi connectivity index (χ2n) is 7.99. The van der Waals surface area contributed by atoms with Crippen molar-refractivity contribution in [2.45, 2.75) is 116 Å². The Morgan fingerprint density at radius 2 is 0.889 bits per heavy atom. The highest BCUT2D eigenvalue weighted by Crippen LogP contribution is 2.18. The second kappa shape index (κ2) is 22.6. The zero-order valence-corrected chi connectivity index (χ0v) is 18.1. The maximum atomic E-state index is 5.20. The van der Waals surface area contributed by atoms with Crippen LogP contribution in [0.15, 0.2) is 24.3 Å². The van der Waals surface area contributed by atoms with Crippen LogP contribution < -0.4 is 0 Å². The zero-order valence-electron chi connectivity index (χ0n) is 18.1. The van der Waals surface area contributed by atoms with Crippen molar-refractivity contribution in [1.82, 2.24) is 0 Å². The summed E-state index contributed by atoms with van der Waals surface area (Å²) in [6, 6.07) is 0. The van der Waals surface area contributed by atoms with E-state index in [1.165, 1.54) is 96.3 Å². The maximum Gasteiger partial charge on any atom is -0.0162 e. The van der Waals surface area contributed by atoms with Gasteiger partial charge in [-0.25, -0.2) is 0 Å². The highest BCUT2D eigenvalue weighted by atomic mass is 14.1. The molecule has 0 nitrogen and oxygen atoms in total. The molecule has 1 atom stereocenters. The third-order valence-electron chi connectivity index (χ3n) is 5.31. The SMILES string of the molecule is C#C/C=C\CCCCCCCCCCCCCC(C)CCCC/C=C\C#C. The predicted octanol–water partition coefficient (Wildman–Crippen LogP) is 8.63. The second-order valence-corrected chi connectivity index (χ2v) is 7.99. The molecule has 0 aliphatic rings. The van der Waals surface area contributed by atoms with Gasteiger partial charge < -0.3 is 0 Å². The number of rotatable bonds is 19. The van der Waals surface area contributed by atoms with Gasteiger partial charge in [0.1, 0.15) is 0 Å². The third-order valence-corrected chi connectivity index (χ3v) is 5.31. The van der Waals surface area contributed by atoms with Gasteiger partial charge in [0.05, 0.1) is 0 Å². The molecule has 27 heavy (non-hydrogen) atoms. The van der Waals surface area contributed by atoms with E-state index in [2.05, 4.69) is 30.9 Å². The standard InChI is InChI=1S/C27H44/c1-4-6-8-10-12-13-14-15-16-17-18-19-20-22-24-26-27(3)25-23-21-11-9-7-5-2/h1-2,6-9,27H,10-26H2,3H3/b8-6-,9-7-. The largest absolute Gasteiger partial charge is 0.115 e. The molecular weight excluding hydrogens is 324 g/mol. The van der Waals surface area contributed by atoms with E-state index in [0.717, 1.165) is 18.8 Å². The molecule has 0 aromatic heterocycles. The van der Waals surface area contributed by atoms with Gasteiger partial charge in [0.15, 0.2) is 0 Å². The van der Waals surface area contributed by atoms with Crippen molar-refractivity contribution in [2.24, 2.45) is 5.92 Å². The van der Waals surface area contributed by atoms with E-state index < -0.39 is 0 Å². The minimum atomic E-state index is 0.892. The summed E-state index contributed by atoms with van der Waals surface area (Å²) in [5.74, 6) is 5.99. The molecule has 0 N–H and O–H groups in total. The Morgan fingerprint density at radius 3 is 1.33 bits per heavy atom. The number of terminal acetylenes is 2. The fraction of sp³-hybridized carbons (Fsp3) is 0.704. The highest BCUT2D eigenvalue weighted by molar-refractivity contribution is 5.08. The number of unbranched alkanes of at least 4 members (excludes halogenated alkanes) is 13. The Kier molecular flexibility index (Phi) is 21.5. The minimum Gasteiger partial charge on any atom is -0.115 e. The molecule has 0 saturated heterocycles. The fourth-order valence-electron chi connectivity index (χ4n) is 3.55. The molecule has 0 bridgehead atoms. The van der Waals surface area contributed by atoms with E-state index in [1.54, 1.807) is 0 Å². The van der Waals surface area contributed by atoms with E-state index in [9.17, 15) is 0 Å². The van der Waals surface area contributed by atoms with E-state index in [4.69, 9.17) is 12.8 Å². The van der Waals surface area contributed by atoms with Crippen molar-refractivity contribution in [2.75, 3.05) is 0 Å². The van der Waals surface area contributed by atoms with Crippen molar-refractivity contribution in [1.29, 1.82) is 0 Å². The Balaban J connectivity index is 3.18. The predicted molar refractivity (Wildman–Crippen MR) is 124 cm³/mol. The smallest absolute Gasteiger partial charge is 0.0162 e. The summed E-state index contributed by atoms with van der Waals surface area (Å²) in [5, 5.41) is 0. The van der Waals surface area contributed by atoms with Crippen LogP contribution in [0.1, 0.15) is 116 Å². The Morgan fingerprint density at radius 1 is 0.556 bits per heavy atom. The van der Waals surface area contributed by atoms with Gasteiger partial charge in [-0.1, -0.05) is 114 Å². The summed E-state index contributed by atoms with van der Waals surface area (Å²) in [7, 11) is 0. The van der Waals surface area contributed by atoms with Crippen LogP contribution in [0, 0.1) is 30.6 Å². The van der Waals surface area contributed by atoms with Crippen molar-refractivity contribution in [3.8, 4) is 24.7 Å². The van der Waals surface area contributed by atoms with Gasteiger partial charge in [-0.05, 0) is 43.8 Å². The maximum absolute atomic E-state index is 5.20. The van der Waals surface area contributed by atoms with Gasteiger partial charge >= 0.3 is 0 Å². The van der Waals surface area contributed by atoms with Gasteiger partial charge in [0.2, 0.25) is 0 Å². The van der Waals surface area contributed by atoms with Crippen LogP contribution in [0.3, 0.4) is 0 Å². The normalized spacial score (nSPS) is 12.4. The minimum absolute atomic E-state index is 0.892. The summed E-state index contributed by atoms with van der Waals surface area (Å²) in [4.78, 5) is 0. The molecular formula is C27H44. The van der Waals surface area contributed by atoms with Crippen molar-refractivity contribution >= 4 is 0 Å². The number of hydrogen-bond acceptors (Lipinski definition) is 0. The molecule has 0 amide bonds. The molecule has 0 saturated carbocycles. The van der Waals surface area contributed by atoms with E-state index in [1.807, 2.05) is 12.2 Å². The molecule has 0 aliphatic heterocycles. The molecule has 0 aromatic carbocycles. The Bertz CT molecular complexity index is 426. The Hall–Kier alpha value is -1.40. The molecule has 0 fully saturated rings. The lowest BCUT2D eigenvalue weighted by Gasteiger charge is -2.10. The van der Waals surface area contributed by atoms with Crippen LogP contribution in [0.5, 0.6) is 0 Å². The third kappa shape index (κ3) is 22.6. The molecule has 0 rings (SSSR count). The first-order valence-electron chi connectivity index (χ1n) is 11.5. The van der Waals surface area contributed by atoms with E-state index in [0.29, 0.717) is 0 Å². The average Bonchev–Trinajstić information content (AvgIpc) is 2.67. The molecule has 0 aromatic rings. The van der Waals surface area contributed by atoms with Crippen molar-refractivity contribution in [3.05, 3.63) is 24.3 Å². The fourth-order valence-corrected chi connectivity index (χ4v) is 3.55. The number of hydrogen-bond donors (Lipinski definition) is 0. The van der Waals surface area contributed by atoms with Gasteiger partial charge in [-0.3, -0.25) is 0 Å². The van der Waals surface area contributed by atoms with Gasteiger partial charge in [0, 0.05) is 0 Å². The molecule has 0 spiro atoms. The summed E-state index contributed by atoms with van der Waals surface area (Å²) < 4.78 is 0. The highest BCUT2D eigenvalue weighted by Gasteiger charge is 2.01. The van der Waals surface area contributed by atoms with Crippen LogP contribution in [0.4, 0.5) is 0 Å². The van der Waals surface area contributed by atoms with Crippen molar-refractivity contribution < 1.29 is 0 Å². The monoisotopic (exact) mass is 368 g/mol. The summed E-state index contributed by atoms with van der Waals surface area (Å²) in [5.41, 5.74) is 0. The lowest BCUT2D eigenvalue weighted by Crippen LogP contribution is -1.95. The van der Waals surface area contributed by atoms with Crippen LogP contribution in [-0.4, -0.2) is 0 Å². The average molecular weight is 369 g/mol. The van der Waals surface area contributed by atoms with Gasteiger partial charge in [-0.15, -0.1) is 12.8 Å². The van der Waals surface area contributed by atoms with Crippen LogP contribution in [-0.2, 0) is 0 Å². The topological polar surface area (TPSA) is 0 Å². The summed E-state index contributed by atoms with van der Waals surface area (Å²) in [6.45, 7) is 2.42. The Labute approximate surface area is 171 Å². The molecule has 0 aliphatic carbocycles. The summed E-state index contributed by atoms with van der Waals surface area (Å²) in [6.07, 6.45) is 41.4. The van der Waals surface area contributed by atoms with Crippen LogP contribution >= 0.6 is 0 Å². The molecule has 0 radical (unpaired) electrons. The van der Waals surface area contributed by atoms with Gasteiger partial charge in [0.25, 0.3) is 0 Å². The quantitative estimate of drug-likeness (QED) is 0.158.